The third-order valence-corrected chi connectivity index (χ3v) is 5.19. The Morgan fingerprint density at radius 3 is 2.75 bits per heavy atom. The fourth-order valence-electron chi connectivity index (χ4n) is 3.49. The number of carbonyl (C=O) groups is 1. The first-order chi connectivity index (χ1) is 13.4. The van der Waals surface area contributed by atoms with Crippen LogP contribution in [0.25, 0.3) is 11.3 Å². The zero-order valence-electron chi connectivity index (χ0n) is 16.2. The molecule has 2 aromatic heterocycles. The summed E-state index contributed by atoms with van der Waals surface area (Å²) < 4.78 is 5.43. The molecule has 2 aliphatic rings. The third-order valence-electron chi connectivity index (χ3n) is 5.19. The Morgan fingerprint density at radius 1 is 1.29 bits per heavy atom. The van der Waals surface area contributed by atoms with Crippen LogP contribution >= 0.6 is 0 Å². The van der Waals surface area contributed by atoms with Crippen molar-refractivity contribution in [3.8, 4) is 11.3 Å². The number of hydrogen-bond acceptors (Lipinski definition) is 7. The predicted molar refractivity (Wildman–Crippen MR) is 107 cm³/mol. The van der Waals surface area contributed by atoms with E-state index in [1.54, 1.807) is 37.2 Å². The average Bonchev–Trinajstić information content (AvgIpc) is 2.70. The lowest BCUT2D eigenvalue weighted by atomic mass is 9.99. The highest BCUT2D eigenvalue weighted by molar-refractivity contribution is 6.00. The summed E-state index contributed by atoms with van der Waals surface area (Å²) >= 11 is 0. The highest BCUT2D eigenvalue weighted by Crippen LogP contribution is 2.30. The normalized spacial score (nSPS) is 18.0. The van der Waals surface area contributed by atoms with Gasteiger partial charge < -0.3 is 15.2 Å². The molecule has 1 saturated heterocycles. The van der Waals surface area contributed by atoms with Gasteiger partial charge in [0.25, 0.3) is 0 Å². The van der Waals surface area contributed by atoms with Crippen LogP contribution in [0.5, 0.6) is 0 Å². The Morgan fingerprint density at radius 2 is 2.07 bits per heavy atom. The van der Waals surface area contributed by atoms with Crippen LogP contribution < -0.4 is 10.2 Å². The van der Waals surface area contributed by atoms with Gasteiger partial charge in [0.05, 0.1) is 24.1 Å². The van der Waals surface area contributed by atoms with E-state index in [0.717, 1.165) is 31.6 Å². The van der Waals surface area contributed by atoms with Gasteiger partial charge in [0.2, 0.25) is 5.91 Å². The Hall–Kier alpha value is -2.58. The Kier molecular flexibility index (Phi) is 4.99. The number of hydrogen-bond donors (Lipinski definition) is 2. The van der Waals surface area contributed by atoms with Crippen LogP contribution in [-0.2, 0) is 15.1 Å². The number of carbonyl (C=O) groups excluding carboxylic acids is 1. The lowest BCUT2D eigenvalue weighted by molar-refractivity contribution is -0.117. The van der Waals surface area contributed by atoms with Gasteiger partial charge in [-0.25, -0.2) is 9.97 Å². The Balaban J connectivity index is 0.00000240. The van der Waals surface area contributed by atoms with Crippen LogP contribution in [0.2, 0.25) is 0 Å². The second kappa shape index (κ2) is 7.44. The molecule has 4 heterocycles. The van der Waals surface area contributed by atoms with Gasteiger partial charge in [-0.3, -0.25) is 14.7 Å². The van der Waals surface area contributed by atoms with Crippen molar-refractivity contribution in [3.63, 3.8) is 0 Å². The molecule has 8 nitrogen and oxygen atoms in total. The Bertz CT molecular complexity index is 863. The maximum atomic E-state index is 12.6. The predicted octanol–water partition coefficient (Wildman–Crippen LogP) is 2.20. The van der Waals surface area contributed by atoms with E-state index in [9.17, 15) is 9.90 Å². The fourth-order valence-corrected chi connectivity index (χ4v) is 3.49. The molecule has 1 fully saturated rings. The molecule has 2 N–H and O–H groups in total. The quantitative estimate of drug-likeness (QED) is 0.832. The molecule has 2 aliphatic heterocycles. The molecular formula is C20H27N5O3. The largest absolute Gasteiger partial charge is 0.384 e. The van der Waals surface area contributed by atoms with E-state index in [4.69, 9.17) is 9.72 Å². The lowest BCUT2D eigenvalue weighted by Gasteiger charge is -2.32. The minimum atomic E-state index is -1.00. The van der Waals surface area contributed by atoms with E-state index in [-0.39, 0.29) is 13.9 Å². The molecule has 0 bridgehead atoms. The van der Waals surface area contributed by atoms with Gasteiger partial charge in [0.15, 0.2) is 11.6 Å². The number of amides is 1. The number of aromatic nitrogens is 3. The molecule has 0 aliphatic carbocycles. The van der Waals surface area contributed by atoms with Crippen molar-refractivity contribution >= 4 is 17.5 Å². The number of rotatable bonds is 4. The minimum absolute atomic E-state index is 0. The molecule has 8 heteroatoms. The van der Waals surface area contributed by atoms with Gasteiger partial charge in [0.1, 0.15) is 5.60 Å². The van der Waals surface area contributed by atoms with E-state index < -0.39 is 5.60 Å². The molecule has 150 valence electrons. The molecule has 2 aromatic rings. The lowest BCUT2D eigenvalue weighted by Crippen LogP contribution is -2.44. The van der Waals surface area contributed by atoms with Crippen LogP contribution in [0.3, 0.4) is 0 Å². The number of anilines is 2. The molecular weight excluding hydrogens is 358 g/mol. The van der Waals surface area contributed by atoms with Crippen LogP contribution in [0.1, 0.15) is 33.8 Å². The fraction of sp³-hybridized carbons (Fsp3) is 0.500. The van der Waals surface area contributed by atoms with Crippen LogP contribution in [0.4, 0.5) is 11.6 Å². The number of nitrogens with zero attached hydrogens (tertiary/aromatic N) is 4. The van der Waals surface area contributed by atoms with Crippen molar-refractivity contribution in [1.82, 2.24) is 15.0 Å². The van der Waals surface area contributed by atoms with E-state index in [1.807, 2.05) is 6.07 Å². The summed E-state index contributed by atoms with van der Waals surface area (Å²) in [5.74, 6) is 1.59. The minimum Gasteiger partial charge on any atom is -0.384 e. The van der Waals surface area contributed by atoms with E-state index in [2.05, 4.69) is 15.3 Å². The molecule has 28 heavy (non-hydrogen) atoms. The van der Waals surface area contributed by atoms with Gasteiger partial charge in [-0.15, -0.1) is 0 Å². The summed E-state index contributed by atoms with van der Waals surface area (Å²) in [6, 6.07) is 3.64. The second-order valence-electron chi connectivity index (χ2n) is 7.83. The van der Waals surface area contributed by atoms with E-state index in [0.29, 0.717) is 35.5 Å². The van der Waals surface area contributed by atoms with Crippen LogP contribution in [0, 0.1) is 5.92 Å². The van der Waals surface area contributed by atoms with Crippen molar-refractivity contribution in [1.29, 1.82) is 0 Å². The summed E-state index contributed by atoms with van der Waals surface area (Å²) in [7, 11) is 0. The zero-order valence-corrected chi connectivity index (χ0v) is 16.2. The maximum Gasteiger partial charge on any atom is 0.247 e. The number of fused-ring (bicyclic) bond motifs is 1. The first-order valence-electron chi connectivity index (χ1n) is 9.60. The van der Waals surface area contributed by atoms with Crippen molar-refractivity contribution < 1.29 is 16.1 Å². The van der Waals surface area contributed by atoms with Crippen LogP contribution in [0.15, 0.2) is 24.5 Å². The Labute approximate surface area is 165 Å². The first kappa shape index (κ1) is 18.8. The SMILES string of the molecule is CC(C)(O)c1ccc(-c2cnc3c(n2)N(CC2CCOCC2)C(=O)CN3)cn1.[HH]. The van der Waals surface area contributed by atoms with Crippen molar-refractivity contribution in [2.75, 3.05) is 36.5 Å². The molecule has 0 radical (unpaired) electrons. The van der Waals surface area contributed by atoms with E-state index >= 15 is 0 Å². The number of nitrogens with one attached hydrogen (secondary N) is 1. The molecule has 0 aromatic carbocycles. The molecule has 0 spiro atoms. The van der Waals surface area contributed by atoms with E-state index in [1.165, 1.54) is 0 Å². The summed E-state index contributed by atoms with van der Waals surface area (Å²) in [5.41, 5.74) is 1.01. The standard InChI is InChI=1S/C20H25N5O3.H2/c1-20(2,27)16-4-3-14(9-21-16)15-10-22-18-19(24-15)25(17(26)11-23-18)12-13-5-7-28-8-6-13;/h3-4,9-10,13,27H,5-8,11-12H2,1-2H3,(H,22,23);1H. The summed E-state index contributed by atoms with van der Waals surface area (Å²) in [6.07, 6.45) is 5.24. The van der Waals surface area contributed by atoms with Crippen molar-refractivity contribution in [2.45, 2.75) is 32.3 Å². The summed E-state index contributed by atoms with van der Waals surface area (Å²) in [4.78, 5) is 27.8. The maximum absolute atomic E-state index is 12.6. The second-order valence-corrected chi connectivity index (χ2v) is 7.83. The summed E-state index contributed by atoms with van der Waals surface area (Å²) in [6.45, 7) is 5.72. The average molecular weight is 385 g/mol. The van der Waals surface area contributed by atoms with Crippen molar-refractivity contribution in [3.05, 3.63) is 30.2 Å². The van der Waals surface area contributed by atoms with Gasteiger partial charge in [0, 0.05) is 32.9 Å². The van der Waals surface area contributed by atoms with Gasteiger partial charge in [-0.05, 0) is 44.7 Å². The smallest absolute Gasteiger partial charge is 0.247 e. The van der Waals surface area contributed by atoms with Gasteiger partial charge >= 0.3 is 0 Å². The highest BCUT2D eigenvalue weighted by atomic mass is 16.5. The highest BCUT2D eigenvalue weighted by Gasteiger charge is 2.30. The monoisotopic (exact) mass is 385 g/mol. The topological polar surface area (TPSA) is 100 Å². The third kappa shape index (κ3) is 3.83. The van der Waals surface area contributed by atoms with Crippen molar-refractivity contribution in [2.24, 2.45) is 5.92 Å². The molecule has 0 saturated carbocycles. The first-order valence-corrected chi connectivity index (χ1v) is 9.60. The molecule has 0 atom stereocenters. The van der Waals surface area contributed by atoms with Gasteiger partial charge in [-0.2, -0.15) is 0 Å². The number of aliphatic hydroxyl groups is 1. The molecule has 4 rings (SSSR count). The zero-order chi connectivity index (χ0) is 19.7. The number of ether oxygens (including phenoxy) is 1. The number of pyridine rings is 1. The molecule has 0 unspecified atom stereocenters. The summed E-state index contributed by atoms with van der Waals surface area (Å²) in [5, 5.41) is 13.1. The van der Waals surface area contributed by atoms with Crippen LogP contribution in [-0.4, -0.2) is 52.3 Å². The molecule has 1 amide bonds. The van der Waals surface area contributed by atoms with Gasteiger partial charge in [-0.1, -0.05) is 0 Å².